The topological polar surface area (TPSA) is 41.5 Å². The largest absolute Gasteiger partial charge is 0.491 e. The molecule has 3 nitrogen and oxygen atoms in total. The zero-order chi connectivity index (χ0) is 17.5. The number of aliphatic hydroxyl groups excluding tert-OH is 1. The number of allylic oxidation sites excluding steroid dienone is 1. The number of para-hydroxylation sites is 1. The van der Waals surface area contributed by atoms with E-state index in [0.717, 1.165) is 24.2 Å². The number of rotatable bonds is 9. The van der Waals surface area contributed by atoms with Crippen LogP contribution < -0.4 is 10.1 Å². The van der Waals surface area contributed by atoms with Gasteiger partial charge in [0.05, 0.1) is 0 Å². The Morgan fingerprint density at radius 1 is 1.22 bits per heavy atom. The van der Waals surface area contributed by atoms with Gasteiger partial charge in [0, 0.05) is 12.1 Å². The molecule has 0 spiro atoms. The Bertz CT molecular complexity index is 489. The second kappa shape index (κ2) is 8.51. The minimum atomic E-state index is -0.536. The average Bonchev–Trinajstić information content (AvgIpc) is 2.42. The first-order valence-electron chi connectivity index (χ1n) is 8.38. The van der Waals surface area contributed by atoms with Gasteiger partial charge >= 0.3 is 0 Å². The van der Waals surface area contributed by atoms with E-state index in [2.05, 4.69) is 46.5 Å². The molecule has 0 saturated heterocycles. The highest BCUT2D eigenvalue weighted by atomic mass is 16.5. The van der Waals surface area contributed by atoms with Gasteiger partial charge in [0.15, 0.2) is 0 Å². The highest BCUT2D eigenvalue weighted by Gasteiger charge is 2.25. The molecule has 0 fully saturated rings. The van der Waals surface area contributed by atoms with Gasteiger partial charge in [-0.05, 0) is 43.7 Å². The van der Waals surface area contributed by atoms with E-state index in [1.807, 2.05) is 30.3 Å². The fraction of sp³-hybridized carbons (Fsp3) is 0.600. The molecule has 0 heterocycles. The summed E-state index contributed by atoms with van der Waals surface area (Å²) in [4.78, 5) is 0. The van der Waals surface area contributed by atoms with Crippen LogP contribution in [0.1, 0.15) is 46.6 Å². The molecule has 0 aliphatic heterocycles. The van der Waals surface area contributed by atoms with E-state index in [4.69, 9.17) is 4.74 Å². The first kappa shape index (κ1) is 19.7. The molecule has 0 aromatic heterocycles. The summed E-state index contributed by atoms with van der Waals surface area (Å²) >= 11 is 0. The number of β-amino-alcohol motifs (C(OH)–C–C–N with tert-alkyl or cyclic N) is 1. The highest BCUT2D eigenvalue weighted by molar-refractivity contribution is 5.34. The van der Waals surface area contributed by atoms with Crippen LogP contribution >= 0.6 is 0 Å². The second-order valence-corrected chi connectivity index (χ2v) is 8.07. The van der Waals surface area contributed by atoms with E-state index in [0.29, 0.717) is 6.54 Å². The van der Waals surface area contributed by atoms with E-state index in [9.17, 15) is 5.11 Å². The van der Waals surface area contributed by atoms with E-state index in [1.54, 1.807) is 0 Å². The van der Waals surface area contributed by atoms with Crippen LogP contribution in [0.25, 0.3) is 0 Å². The summed E-state index contributed by atoms with van der Waals surface area (Å²) in [7, 11) is 0. The van der Waals surface area contributed by atoms with Crippen molar-refractivity contribution >= 4 is 0 Å². The van der Waals surface area contributed by atoms with E-state index >= 15 is 0 Å². The summed E-state index contributed by atoms with van der Waals surface area (Å²) < 4.78 is 5.78. The van der Waals surface area contributed by atoms with Crippen molar-refractivity contribution < 1.29 is 9.84 Å². The number of benzene rings is 1. The van der Waals surface area contributed by atoms with E-state index < -0.39 is 6.10 Å². The van der Waals surface area contributed by atoms with Crippen LogP contribution in [0, 0.1) is 5.41 Å². The fourth-order valence-electron chi connectivity index (χ4n) is 3.00. The van der Waals surface area contributed by atoms with Crippen LogP contribution in [0.3, 0.4) is 0 Å². The number of hydrogen-bond acceptors (Lipinski definition) is 3. The molecule has 0 bridgehead atoms. The molecule has 2 N–H and O–H groups in total. The summed E-state index contributed by atoms with van der Waals surface area (Å²) in [6, 6.07) is 7.88. The van der Waals surface area contributed by atoms with Gasteiger partial charge in [0.25, 0.3) is 0 Å². The van der Waals surface area contributed by atoms with Crippen LogP contribution in [0.15, 0.2) is 36.9 Å². The number of ether oxygens (including phenoxy) is 1. The molecule has 0 aliphatic carbocycles. The number of hydrogen-bond donors (Lipinski definition) is 2. The van der Waals surface area contributed by atoms with Crippen molar-refractivity contribution in [3.63, 3.8) is 0 Å². The Kier molecular flexibility index (Phi) is 7.30. The number of aliphatic hydroxyl groups is 1. The van der Waals surface area contributed by atoms with Crippen molar-refractivity contribution in [3.8, 4) is 5.75 Å². The lowest BCUT2D eigenvalue weighted by Crippen LogP contribution is -2.46. The maximum atomic E-state index is 10.2. The van der Waals surface area contributed by atoms with Crippen molar-refractivity contribution in [2.75, 3.05) is 13.2 Å². The predicted octanol–water partition coefficient (Wildman–Crippen LogP) is 3.96. The lowest BCUT2D eigenvalue weighted by Gasteiger charge is -2.34. The second-order valence-electron chi connectivity index (χ2n) is 8.07. The van der Waals surface area contributed by atoms with Gasteiger partial charge in [0.2, 0.25) is 0 Å². The molecule has 1 rings (SSSR count). The summed E-state index contributed by atoms with van der Waals surface area (Å²) in [6.07, 6.45) is 3.12. The van der Waals surface area contributed by atoms with Gasteiger partial charge < -0.3 is 15.2 Å². The minimum Gasteiger partial charge on any atom is -0.491 e. The van der Waals surface area contributed by atoms with Crippen molar-refractivity contribution in [1.82, 2.24) is 5.32 Å². The van der Waals surface area contributed by atoms with Crippen molar-refractivity contribution in [1.29, 1.82) is 0 Å². The quantitative estimate of drug-likeness (QED) is 0.677. The Labute approximate surface area is 141 Å². The lowest BCUT2D eigenvalue weighted by atomic mass is 9.82. The molecule has 1 atom stereocenters. The van der Waals surface area contributed by atoms with Crippen LogP contribution in [0.2, 0.25) is 0 Å². The molecule has 3 heteroatoms. The van der Waals surface area contributed by atoms with Crippen LogP contribution in [0.4, 0.5) is 0 Å². The van der Waals surface area contributed by atoms with E-state index in [1.165, 1.54) is 0 Å². The lowest BCUT2D eigenvalue weighted by molar-refractivity contribution is 0.0940. The SMILES string of the molecule is C=CCc1ccccc1OCC(O)CNC(C)(C)CC(C)(C)C. The highest BCUT2D eigenvalue weighted by Crippen LogP contribution is 2.26. The van der Waals surface area contributed by atoms with Crippen molar-refractivity contribution in [2.24, 2.45) is 5.41 Å². The molecule has 130 valence electrons. The molecule has 0 saturated carbocycles. The average molecular weight is 319 g/mol. The third-order valence-corrected chi connectivity index (χ3v) is 3.56. The molecule has 0 amide bonds. The monoisotopic (exact) mass is 319 g/mol. The third kappa shape index (κ3) is 8.19. The minimum absolute atomic E-state index is 0.0139. The summed E-state index contributed by atoms with van der Waals surface area (Å²) in [5.41, 5.74) is 1.33. The van der Waals surface area contributed by atoms with Gasteiger partial charge in [-0.15, -0.1) is 6.58 Å². The first-order valence-corrected chi connectivity index (χ1v) is 8.38. The maximum Gasteiger partial charge on any atom is 0.122 e. The molecular weight excluding hydrogens is 286 g/mol. The Morgan fingerprint density at radius 2 is 1.87 bits per heavy atom. The zero-order valence-corrected chi connectivity index (χ0v) is 15.4. The third-order valence-electron chi connectivity index (χ3n) is 3.56. The smallest absolute Gasteiger partial charge is 0.122 e. The fourth-order valence-corrected chi connectivity index (χ4v) is 3.00. The van der Waals surface area contributed by atoms with Crippen LogP contribution in [0.5, 0.6) is 5.75 Å². The van der Waals surface area contributed by atoms with Gasteiger partial charge in [-0.3, -0.25) is 0 Å². The van der Waals surface area contributed by atoms with Crippen LogP contribution in [-0.2, 0) is 6.42 Å². The molecule has 1 aromatic rings. The summed E-state index contributed by atoms with van der Waals surface area (Å²) in [6.45, 7) is 15.6. The van der Waals surface area contributed by atoms with E-state index in [-0.39, 0.29) is 17.6 Å². The van der Waals surface area contributed by atoms with Gasteiger partial charge in [-0.2, -0.15) is 0 Å². The van der Waals surface area contributed by atoms with Crippen molar-refractivity contribution in [2.45, 2.75) is 59.1 Å². The van der Waals surface area contributed by atoms with Gasteiger partial charge in [-0.25, -0.2) is 0 Å². The summed E-state index contributed by atoms with van der Waals surface area (Å²) in [5, 5.41) is 13.6. The standard InChI is InChI=1S/C20H33NO2/c1-7-10-16-11-8-9-12-18(16)23-14-17(22)13-21-20(5,6)15-19(2,3)4/h7-9,11-12,17,21-22H,1,10,13-15H2,2-6H3. The normalized spacial score (nSPS) is 13.7. The summed E-state index contributed by atoms with van der Waals surface area (Å²) in [5.74, 6) is 0.820. The first-order chi connectivity index (χ1) is 10.6. The Hall–Kier alpha value is -1.32. The molecule has 0 radical (unpaired) electrons. The molecule has 0 aliphatic rings. The molecule has 23 heavy (non-hydrogen) atoms. The molecule has 1 unspecified atom stereocenters. The predicted molar refractivity (Wildman–Crippen MR) is 98.0 cm³/mol. The van der Waals surface area contributed by atoms with Gasteiger partial charge in [-0.1, -0.05) is 45.0 Å². The Morgan fingerprint density at radius 3 is 2.48 bits per heavy atom. The van der Waals surface area contributed by atoms with Crippen molar-refractivity contribution in [3.05, 3.63) is 42.5 Å². The zero-order valence-electron chi connectivity index (χ0n) is 15.4. The van der Waals surface area contributed by atoms with Crippen LogP contribution in [-0.4, -0.2) is 29.9 Å². The molecular formula is C20H33NO2. The maximum absolute atomic E-state index is 10.2. The Balaban J connectivity index is 2.46. The molecule has 1 aromatic carbocycles. The number of nitrogens with one attached hydrogen (secondary N) is 1. The van der Waals surface area contributed by atoms with Gasteiger partial charge in [0.1, 0.15) is 18.5 Å².